The van der Waals surface area contributed by atoms with Crippen LogP contribution in [0.2, 0.25) is 5.02 Å². The van der Waals surface area contributed by atoms with Crippen LogP contribution in [-0.4, -0.2) is 64.5 Å². The summed E-state index contributed by atoms with van der Waals surface area (Å²) in [6, 6.07) is 18.2. The third kappa shape index (κ3) is 11.9. The molecule has 11 heteroatoms. The minimum atomic E-state index is -1.26. The molecule has 2 unspecified atom stereocenters. The maximum Gasteiger partial charge on any atom is 0.335 e. The molecule has 6 N–H and O–H groups in total. The lowest BCUT2D eigenvalue weighted by atomic mass is 9.88. The van der Waals surface area contributed by atoms with E-state index in [1.807, 2.05) is 18.2 Å². The van der Waals surface area contributed by atoms with E-state index in [2.05, 4.69) is 61.0 Å². The van der Waals surface area contributed by atoms with Gasteiger partial charge in [0.1, 0.15) is 5.60 Å². The maximum atomic E-state index is 9.55. The molecule has 3 rings (SSSR count). The number of ether oxygens (including phenoxy) is 1. The van der Waals surface area contributed by atoms with Crippen LogP contribution in [0, 0.1) is 0 Å². The predicted octanol–water partition coefficient (Wildman–Crippen LogP) is 3.86. The molecular formula is C26H34ClN3O7. The Bertz CT molecular complexity index is 1000. The molecule has 2 atom stereocenters. The van der Waals surface area contributed by atoms with Gasteiger partial charge in [0.25, 0.3) is 0 Å². The molecule has 2 amide bonds. The Hall–Kier alpha value is -3.44. The summed E-state index contributed by atoms with van der Waals surface area (Å²) in [4.78, 5) is 30.8. The largest absolute Gasteiger partial charge is 0.478 e. The van der Waals surface area contributed by atoms with Gasteiger partial charge in [0.15, 0.2) is 0 Å². The number of likely N-dealkylation sites (tertiary alicyclic amines) is 1. The molecule has 0 aromatic heterocycles. The Morgan fingerprint density at radius 1 is 1.08 bits per heavy atom. The van der Waals surface area contributed by atoms with E-state index in [1.54, 1.807) is 0 Å². The third-order valence-corrected chi connectivity index (χ3v) is 5.96. The Kier molecular flexibility index (Phi) is 13.9. The number of hydrogen-bond donors (Lipinski definition) is 5. The number of urea groups is 1. The number of rotatable bonds is 8. The number of halogens is 1. The monoisotopic (exact) mass is 535 g/mol. The molecule has 1 aliphatic heterocycles. The molecule has 10 nitrogen and oxygen atoms in total. The fourth-order valence-corrected chi connectivity index (χ4v) is 3.87. The minimum absolute atomic E-state index is 0.455. The van der Waals surface area contributed by atoms with E-state index in [0.717, 1.165) is 23.6 Å². The van der Waals surface area contributed by atoms with Crippen molar-refractivity contribution >= 4 is 29.6 Å². The van der Waals surface area contributed by atoms with Gasteiger partial charge in [-0.25, -0.2) is 19.9 Å². The van der Waals surface area contributed by atoms with Gasteiger partial charge < -0.3 is 25.6 Å². The summed E-state index contributed by atoms with van der Waals surface area (Å²) in [5.41, 5.74) is 7.31. The molecule has 0 bridgehead atoms. The highest BCUT2D eigenvalue weighted by Gasteiger charge is 2.30. The lowest BCUT2D eigenvalue weighted by molar-refractivity contribution is -0.134. The highest BCUT2D eigenvalue weighted by atomic mass is 35.5. The average Bonchev–Trinajstić information content (AvgIpc) is 3.28. The number of carboxylic acids is 2. The van der Waals surface area contributed by atoms with Crippen LogP contribution >= 0.6 is 11.6 Å². The smallest absolute Gasteiger partial charge is 0.335 e. The van der Waals surface area contributed by atoms with Crippen LogP contribution in [0.4, 0.5) is 4.79 Å². The molecule has 1 heterocycles. The summed E-state index contributed by atoms with van der Waals surface area (Å²) in [6.07, 6.45) is 4.77. The van der Waals surface area contributed by atoms with Gasteiger partial charge in [0.2, 0.25) is 0 Å². The summed E-state index contributed by atoms with van der Waals surface area (Å²) in [5.74, 6) is -2.51. The molecule has 1 aliphatic rings. The lowest BCUT2D eigenvalue weighted by Gasteiger charge is -2.32. The second-order valence-corrected chi connectivity index (χ2v) is 8.74. The Labute approximate surface area is 221 Å². The predicted molar refractivity (Wildman–Crippen MR) is 139 cm³/mol. The molecule has 202 valence electrons. The van der Waals surface area contributed by atoms with Crippen LogP contribution in [0.5, 0.6) is 0 Å². The number of hydrogen-bond acceptors (Lipinski definition) is 6. The number of nitrogens with zero attached hydrogens (tertiary/aromatic N) is 1. The SMILES string of the molecule is CN1CCCC1CCOC(C)(c1ccccc1)c1ccc(Cl)cc1.NC(=O)NO.O=C(O)C=CC(=O)O. The topological polar surface area (TPSA) is 162 Å². The highest BCUT2D eigenvalue weighted by molar-refractivity contribution is 6.30. The van der Waals surface area contributed by atoms with Crippen molar-refractivity contribution in [1.29, 1.82) is 0 Å². The van der Waals surface area contributed by atoms with Crippen LogP contribution in [0.15, 0.2) is 66.7 Å². The van der Waals surface area contributed by atoms with Crippen LogP contribution in [0.1, 0.15) is 37.3 Å². The number of amides is 2. The number of carboxylic acid groups (broad SMARTS) is 2. The number of carbonyl (C=O) groups is 3. The fourth-order valence-electron chi connectivity index (χ4n) is 3.74. The van der Waals surface area contributed by atoms with Crippen LogP contribution in [0.25, 0.3) is 0 Å². The van der Waals surface area contributed by atoms with Crippen molar-refractivity contribution in [2.45, 2.75) is 37.8 Å². The second kappa shape index (κ2) is 16.3. The van der Waals surface area contributed by atoms with Crippen molar-refractivity contribution in [1.82, 2.24) is 10.4 Å². The highest BCUT2D eigenvalue weighted by Crippen LogP contribution is 2.34. The van der Waals surface area contributed by atoms with Gasteiger partial charge in [0.05, 0.1) is 0 Å². The first-order chi connectivity index (χ1) is 17.5. The van der Waals surface area contributed by atoms with Crippen molar-refractivity contribution in [2.24, 2.45) is 5.73 Å². The quantitative estimate of drug-likeness (QED) is 0.193. The molecule has 0 aliphatic carbocycles. The van der Waals surface area contributed by atoms with Gasteiger partial charge in [-0.3, -0.25) is 5.21 Å². The number of primary amides is 1. The molecule has 2 aromatic rings. The van der Waals surface area contributed by atoms with E-state index in [4.69, 9.17) is 31.8 Å². The molecular weight excluding hydrogens is 502 g/mol. The average molecular weight is 536 g/mol. The first-order valence-electron chi connectivity index (χ1n) is 11.5. The van der Waals surface area contributed by atoms with Gasteiger partial charge in [-0.2, -0.15) is 0 Å². The van der Waals surface area contributed by atoms with E-state index >= 15 is 0 Å². The standard InChI is InChI=1S/C21H26ClNO.C4H4O4.CH4N2O2/c1-21(17-7-4-3-5-8-17,18-10-12-19(22)13-11-18)24-16-14-20-9-6-15-23(20)2;5-3(6)1-2-4(7)8;2-1(4)3-5/h3-5,7-8,10-13,20H,6,9,14-16H2,1-2H3;1-2H,(H,5,6)(H,7,8);5H,(H3,2,3,4). The molecule has 2 aromatic carbocycles. The number of nitrogens with one attached hydrogen (secondary N) is 1. The number of nitrogens with two attached hydrogens (primary N) is 1. The molecule has 1 saturated heterocycles. The maximum absolute atomic E-state index is 9.55. The minimum Gasteiger partial charge on any atom is -0.478 e. The number of aliphatic carboxylic acids is 2. The van der Waals surface area contributed by atoms with Crippen LogP contribution in [-0.2, 0) is 19.9 Å². The van der Waals surface area contributed by atoms with E-state index < -0.39 is 23.6 Å². The van der Waals surface area contributed by atoms with E-state index in [1.165, 1.54) is 30.4 Å². The summed E-state index contributed by atoms with van der Waals surface area (Å²) < 4.78 is 6.48. The summed E-state index contributed by atoms with van der Waals surface area (Å²) in [6.45, 7) is 4.12. The van der Waals surface area contributed by atoms with Crippen molar-refractivity contribution in [3.63, 3.8) is 0 Å². The van der Waals surface area contributed by atoms with E-state index in [0.29, 0.717) is 18.2 Å². The third-order valence-electron chi connectivity index (χ3n) is 5.71. The van der Waals surface area contributed by atoms with Crippen molar-refractivity contribution in [2.75, 3.05) is 20.2 Å². The molecule has 0 saturated carbocycles. The van der Waals surface area contributed by atoms with E-state index in [-0.39, 0.29) is 0 Å². The number of benzene rings is 2. The zero-order valence-electron chi connectivity index (χ0n) is 20.8. The normalized spacial score (nSPS) is 16.5. The van der Waals surface area contributed by atoms with Gasteiger partial charge in [-0.05, 0) is 63.0 Å². The van der Waals surface area contributed by atoms with Crippen molar-refractivity contribution < 1.29 is 34.5 Å². The summed E-state index contributed by atoms with van der Waals surface area (Å²) in [7, 11) is 2.22. The van der Waals surface area contributed by atoms with Gasteiger partial charge >= 0.3 is 18.0 Å². The Morgan fingerprint density at radius 2 is 1.59 bits per heavy atom. The van der Waals surface area contributed by atoms with Crippen LogP contribution in [0.3, 0.4) is 0 Å². The van der Waals surface area contributed by atoms with Crippen LogP contribution < -0.4 is 11.2 Å². The molecule has 0 radical (unpaired) electrons. The fraction of sp³-hybridized carbons (Fsp3) is 0.346. The lowest BCUT2D eigenvalue weighted by Crippen LogP contribution is -2.31. The zero-order valence-corrected chi connectivity index (χ0v) is 21.6. The molecule has 37 heavy (non-hydrogen) atoms. The molecule has 0 spiro atoms. The number of hydroxylamine groups is 1. The second-order valence-electron chi connectivity index (χ2n) is 8.31. The first-order valence-corrected chi connectivity index (χ1v) is 11.9. The van der Waals surface area contributed by atoms with Gasteiger partial charge in [-0.15, -0.1) is 0 Å². The first kappa shape index (κ1) is 31.6. The van der Waals surface area contributed by atoms with Crippen molar-refractivity contribution in [3.8, 4) is 0 Å². The summed E-state index contributed by atoms with van der Waals surface area (Å²) in [5, 5.41) is 23.8. The Morgan fingerprint density at radius 3 is 2.03 bits per heavy atom. The zero-order chi connectivity index (χ0) is 27.8. The van der Waals surface area contributed by atoms with Crippen molar-refractivity contribution in [3.05, 3.63) is 82.9 Å². The number of carbonyl (C=O) groups excluding carboxylic acids is 1. The Balaban J connectivity index is 0.000000438. The summed E-state index contributed by atoms with van der Waals surface area (Å²) >= 11 is 6.07. The van der Waals surface area contributed by atoms with Gasteiger partial charge in [0, 0.05) is 29.8 Å². The van der Waals surface area contributed by atoms with E-state index in [9.17, 15) is 14.4 Å². The van der Waals surface area contributed by atoms with Gasteiger partial charge in [-0.1, -0.05) is 54.1 Å². The molecule has 1 fully saturated rings.